The van der Waals surface area contributed by atoms with E-state index < -0.39 is 0 Å². The molecule has 0 spiro atoms. The Morgan fingerprint density at radius 1 is 1.48 bits per heavy atom. The van der Waals surface area contributed by atoms with E-state index in [1.165, 1.54) is 17.6 Å². The number of fused-ring (bicyclic) bond motifs is 1. The number of amides is 1. The smallest absolute Gasteiger partial charge is 0.307 e. The zero-order valence-electron chi connectivity index (χ0n) is 14.0. The van der Waals surface area contributed by atoms with Crippen LogP contribution in [0.15, 0.2) is 11.4 Å². The van der Waals surface area contributed by atoms with Gasteiger partial charge in [0.1, 0.15) is 6.10 Å². The monoisotopic (exact) mass is 339 g/mol. The molecule has 0 bridgehead atoms. The molecular formula is C17H25NO4S. The maximum atomic E-state index is 12.7. The van der Waals surface area contributed by atoms with Gasteiger partial charge in [0.05, 0.1) is 26.6 Å². The average Bonchev–Trinajstić information content (AvgIpc) is 3.00. The van der Waals surface area contributed by atoms with Crippen molar-refractivity contribution in [1.29, 1.82) is 0 Å². The van der Waals surface area contributed by atoms with Crippen molar-refractivity contribution in [2.45, 2.75) is 39.2 Å². The zero-order chi connectivity index (χ0) is 16.8. The number of carbonyl (C=O) groups is 2. The summed E-state index contributed by atoms with van der Waals surface area (Å²) in [6.07, 6.45) is 1.33. The van der Waals surface area contributed by atoms with Crippen LogP contribution >= 0.6 is 11.3 Å². The minimum absolute atomic E-state index is 0.0360. The summed E-state index contributed by atoms with van der Waals surface area (Å²) < 4.78 is 10.5. The van der Waals surface area contributed by atoms with Crippen molar-refractivity contribution in [2.24, 2.45) is 5.92 Å². The van der Waals surface area contributed by atoms with E-state index in [1.54, 1.807) is 16.2 Å². The SMILES string of the molecule is COC(=O)CCN(CC(C)C)C(=O)C[C@@H]1OCCc2ccsc21. The van der Waals surface area contributed by atoms with Gasteiger partial charge >= 0.3 is 5.97 Å². The molecule has 23 heavy (non-hydrogen) atoms. The molecule has 1 amide bonds. The van der Waals surface area contributed by atoms with Gasteiger partial charge in [0.2, 0.25) is 5.91 Å². The third kappa shape index (κ3) is 5.04. The summed E-state index contributed by atoms with van der Waals surface area (Å²) in [7, 11) is 1.37. The highest BCUT2D eigenvalue weighted by Gasteiger charge is 2.27. The number of thiophene rings is 1. The molecule has 0 N–H and O–H groups in total. The lowest BCUT2D eigenvalue weighted by Gasteiger charge is -2.28. The first kappa shape index (κ1) is 17.9. The predicted molar refractivity (Wildman–Crippen MR) is 89.4 cm³/mol. The van der Waals surface area contributed by atoms with Gasteiger partial charge < -0.3 is 14.4 Å². The quantitative estimate of drug-likeness (QED) is 0.717. The Morgan fingerprint density at radius 3 is 2.96 bits per heavy atom. The lowest BCUT2D eigenvalue weighted by Crippen LogP contribution is -2.37. The van der Waals surface area contributed by atoms with E-state index in [1.807, 2.05) is 0 Å². The molecule has 1 aliphatic heterocycles. The number of esters is 1. The second kappa shape index (κ2) is 8.45. The zero-order valence-corrected chi connectivity index (χ0v) is 14.9. The van der Waals surface area contributed by atoms with E-state index in [2.05, 4.69) is 30.0 Å². The average molecular weight is 339 g/mol. The number of methoxy groups -OCH3 is 1. The molecule has 2 rings (SSSR count). The van der Waals surface area contributed by atoms with Crippen molar-refractivity contribution in [1.82, 2.24) is 4.90 Å². The van der Waals surface area contributed by atoms with Crippen LogP contribution < -0.4 is 0 Å². The Bertz CT molecular complexity index is 540. The van der Waals surface area contributed by atoms with Crippen molar-refractivity contribution in [3.05, 3.63) is 21.9 Å². The van der Waals surface area contributed by atoms with Gasteiger partial charge in [-0.25, -0.2) is 0 Å². The number of hydrogen-bond donors (Lipinski definition) is 0. The molecule has 0 fully saturated rings. The maximum absolute atomic E-state index is 12.7. The number of hydrogen-bond acceptors (Lipinski definition) is 5. The molecule has 0 aliphatic carbocycles. The van der Waals surface area contributed by atoms with Gasteiger partial charge in [0, 0.05) is 18.0 Å². The minimum atomic E-state index is -0.291. The van der Waals surface area contributed by atoms with E-state index in [9.17, 15) is 9.59 Å². The Kier molecular flexibility index (Phi) is 6.59. The molecule has 1 atom stereocenters. The molecule has 0 unspecified atom stereocenters. The van der Waals surface area contributed by atoms with Crippen LogP contribution in [0.25, 0.3) is 0 Å². The number of carbonyl (C=O) groups excluding carboxylic acids is 2. The summed E-state index contributed by atoms with van der Waals surface area (Å²) in [6, 6.07) is 2.11. The van der Waals surface area contributed by atoms with Gasteiger partial charge in [-0.2, -0.15) is 0 Å². The topological polar surface area (TPSA) is 55.8 Å². The number of ether oxygens (including phenoxy) is 2. The highest BCUT2D eigenvalue weighted by molar-refractivity contribution is 7.10. The third-order valence-electron chi connectivity index (χ3n) is 3.88. The van der Waals surface area contributed by atoms with E-state index in [-0.39, 0.29) is 24.4 Å². The summed E-state index contributed by atoms with van der Waals surface area (Å²) in [4.78, 5) is 27.0. The highest BCUT2D eigenvalue weighted by atomic mass is 32.1. The van der Waals surface area contributed by atoms with Gasteiger partial charge in [-0.3, -0.25) is 9.59 Å². The van der Waals surface area contributed by atoms with Crippen LogP contribution in [-0.4, -0.2) is 43.6 Å². The Balaban J connectivity index is 1.99. The molecule has 128 valence electrons. The molecule has 5 nitrogen and oxygen atoms in total. The van der Waals surface area contributed by atoms with Gasteiger partial charge in [0.15, 0.2) is 0 Å². The standard InChI is InChI=1S/C17H25NO4S/c1-12(2)11-18(7-4-16(20)21-3)15(19)10-14-17-13(5-8-22-14)6-9-23-17/h6,9,12,14H,4-5,7-8,10-11H2,1-3H3/t14-/m0/s1. The highest BCUT2D eigenvalue weighted by Crippen LogP contribution is 2.34. The molecule has 1 aromatic heterocycles. The van der Waals surface area contributed by atoms with Crippen LogP contribution in [0, 0.1) is 5.92 Å². The van der Waals surface area contributed by atoms with Gasteiger partial charge in [-0.15, -0.1) is 11.3 Å². The first-order valence-electron chi connectivity index (χ1n) is 8.03. The third-order valence-corrected chi connectivity index (χ3v) is 4.93. The first-order valence-corrected chi connectivity index (χ1v) is 8.91. The van der Waals surface area contributed by atoms with E-state index in [4.69, 9.17) is 4.74 Å². The Morgan fingerprint density at radius 2 is 2.26 bits per heavy atom. The summed E-state index contributed by atoms with van der Waals surface area (Å²) in [6.45, 7) is 5.82. The summed E-state index contributed by atoms with van der Waals surface area (Å²) >= 11 is 1.65. The predicted octanol–water partition coefficient (Wildman–Crippen LogP) is 2.80. The lowest BCUT2D eigenvalue weighted by atomic mass is 10.0. The van der Waals surface area contributed by atoms with Crippen LogP contribution in [-0.2, 0) is 25.5 Å². The molecule has 1 aliphatic rings. The fourth-order valence-electron chi connectivity index (χ4n) is 2.75. The van der Waals surface area contributed by atoms with Crippen molar-refractivity contribution in [2.75, 3.05) is 26.8 Å². The minimum Gasteiger partial charge on any atom is -0.469 e. The van der Waals surface area contributed by atoms with Gasteiger partial charge in [-0.05, 0) is 29.3 Å². The van der Waals surface area contributed by atoms with Crippen molar-refractivity contribution in [3.8, 4) is 0 Å². The largest absolute Gasteiger partial charge is 0.469 e. The second-order valence-corrected chi connectivity index (χ2v) is 7.13. The van der Waals surface area contributed by atoms with Crippen LogP contribution in [0.2, 0.25) is 0 Å². The van der Waals surface area contributed by atoms with E-state index in [0.29, 0.717) is 32.0 Å². The molecule has 0 saturated heterocycles. The van der Waals surface area contributed by atoms with Crippen LogP contribution in [0.1, 0.15) is 43.2 Å². The van der Waals surface area contributed by atoms with Crippen LogP contribution in [0.5, 0.6) is 0 Å². The van der Waals surface area contributed by atoms with Crippen molar-refractivity contribution < 1.29 is 19.1 Å². The first-order chi connectivity index (χ1) is 11.0. The van der Waals surface area contributed by atoms with Crippen LogP contribution in [0.3, 0.4) is 0 Å². The summed E-state index contributed by atoms with van der Waals surface area (Å²) in [5, 5.41) is 2.06. The van der Waals surface area contributed by atoms with Gasteiger partial charge in [0.25, 0.3) is 0 Å². The number of nitrogens with zero attached hydrogens (tertiary/aromatic N) is 1. The maximum Gasteiger partial charge on any atom is 0.307 e. The molecule has 0 radical (unpaired) electrons. The van der Waals surface area contributed by atoms with Crippen LogP contribution in [0.4, 0.5) is 0 Å². The second-order valence-electron chi connectivity index (χ2n) is 6.18. The molecular weight excluding hydrogens is 314 g/mol. The molecule has 0 saturated carbocycles. The fourth-order valence-corrected chi connectivity index (χ4v) is 3.75. The normalized spacial score (nSPS) is 17.0. The summed E-state index contributed by atoms with van der Waals surface area (Å²) in [5.41, 5.74) is 1.30. The Hall–Kier alpha value is -1.40. The van der Waals surface area contributed by atoms with E-state index >= 15 is 0 Å². The van der Waals surface area contributed by atoms with Gasteiger partial charge in [-0.1, -0.05) is 13.8 Å². The fraction of sp³-hybridized carbons (Fsp3) is 0.647. The molecule has 1 aromatic rings. The van der Waals surface area contributed by atoms with E-state index in [0.717, 1.165) is 6.42 Å². The number of rotatable bonds is 7. The van der Waals surface area contributed by atoms with Crippen molar-refractivity contribution in [3.63, 3.8) is 0 Å². The molecule has 0 aromatic carbocycles. The molecule has 6 heteroatoms. The van der Waals surface area contributed by atoms with Crippen molar-refractivity contribution >= 4 is 23.2 Å². The summed E-state index contributed by atoms with van der Waals surface area (Å²) in [5.74, 6) is 0.0936. The molecule has 2 heterocycles. The Labute approximate surface area is 141 Å². The lowest BCUT2D eigenvalue weighted by molar-refractivity contribution is -0.142.